The van der Waals surface area contributed by atoms with E-state index in [-0.39, 0.29) is 17.7 Å². The molecule has 0 unspecified atom stereocenters. The summed E-state index contributed by atoms with van der Waals surface area (Å²) < 4.78 is 0. The van der Waals surface area contributed by atoms with Crippen molar-refractivity contribution in [3.05, 3.63) is 65.7 Å². The molecule has 0 aliphatic heterocycles. The summed E-state index contributed by atoms with van der Waals surface area (Å²) in [5, 5.41) is 2.93. The zero-order valence-electron chi connectivity index (χ0n) is 13.5. The van der Waals surface area contributed by atoms with E-state index in [9.17, 15) is 9.59 Å². The maximum Gasteiger partial charge on any atom is 0.248 e. The number of carbonyl (C=O) groups is 2. The van der Waals surface area contributed by atoms with Crippen molar-refractivity contribution >= 4 is 17.5 Å². The minimum absolute atomic E-state index is 0.0441. The molecule has 2 amide bonds. The van der Waals surface area contributed by atoms with Crippen molar-refractivity contribution in [1.82, 2.24) is 0 Å². The fraction of sp³-hybridized carbons (Fsp3) is 0.263. The number of hydrogen-bond acceptors (Lipinski definition) is 2. The highest BCUT2D eigenvalue weighted by atomic mass is 16.2. The zero-order chi connectivity index (χ0) is 16.8. The summed E-state index contributed by atoms with van der Waals surface area (Å²) in [5.41, 5.74) is 7.31. The highest BCUT2D eigenvalue weighted by Gasteiger charge is 2.25. The van der Waals surface area contributed by atoms with E-state index in [1.54, 1.807) is 24.3 Å². The standard InChI is InChI=1S/C19H22N2O2/c1-3-13(2)17(14-7-5-4-6-8-14)19(23)21-16-11-9-15(10-12-16)18(20)22/h4-13,17H,3H2,1-2H3,(H2,20,22)(H,21,23)/t13-,17+/m0/s1. The molecule has 0 radical (unpaired) electrons. The van der Waals surface area contributed by atoms with E-state index in [1.807, 2.05) is 30.3 Å². The van der Waals surface area contributed by atoms with E-state index in [0.717, 1.165) is 12.0 Å². The van der Waals surface area contributed by atoms with Crippen LogP contribution in [0.2, 0.25) is 0 Å². The fourth-order valence-corrected chi connectivity index (χ4v) is 2.57. The van der Waals surface area contributed by atoms with Crippen molar-refractivity contribution in [2.24, 2.45) is 11.7 Å². The van der Waals surface area contributed by atoms with Crippen LogP contribution in [0.5, 0.6) is 0 Å². The molecule has 2 rings (SSSR count). The summed E-state index contributed by atoms with van der Waals surface area (Å²) in [6, 6.07) is 16.4. The minimum Gasteiger partial charge on any atom is -0.366 e. The smallest absolute Gasteiger partial charge is 0.248 e. The molecule has 0 saturated carbocycles. The molecule has 0 aliphatic rings. The van der Waals surface area contributed by atoms with Gasteiger partial charge in [0.2, 0.25) is 11.8 Å². The number of nitrogens with two attached hydrogens (primary N) is 1. The third kappa shape index (κ3) is 4.19. The Balaban J connectivity index is 2.19. The van der Waals surface area contributed by atoms with Crippen LogP contribution in [-0.2, 0) is 4.79 Å². The summed E-state index contributed by atoms with van der Waals surface area (Å²) in [6.45, 7) is 4.16. The average molecular weight is 310 g/mol. The molecule has 0 bridgehead atoms. The van der Waals surface area contributed by atoms with Crippen LogP contribution >= 0.6 is 0 Å². The third-order valence-electron chi connectivity index (χ3n) is 4.09. The van der Waals surface area contributed by atoms with Crippen molar-refractivity contribution in [2.45, 2.75) is 26.2 Å². The quantitative estimate of drug-likeness (QED) is 0.856. The number of amides is 2. The molecule has 0 aromatic heterocycles. The van der Waals surface area contributed by atoms with E-state index < -0.39 is 5.91 Å². The molecule has 23 heavy (non-hydrogen) atoms. The lowest BCUT2D eigenvalue weighted by Gasteiger charge is -2.22. The molecule has 2 atom stereocenters. The Morgan fingerprint density at radius 1 is 1.04 bits per heavy atom. The minimum atomic E-state index is -0.482. The number of carbonyl (C=O) groups excluding carboxylic acids is 2. The van der Waals surface area contributed by atoms with Gasteiger partial charge in [-0.2, -0.15) is 0 Å². The van der Waals surface area contributed by atoms with Crippen molar-refractivity contribution in [2.75, 3.05) is 5.32 Å². The van der Waals surface area contributed by atoms with Gasteiger partial charge in [0.05, 0.1) is 5.92 Å². The molecule has 0 spiro atoms. The SMILES string of the molecule is CC[C@H](C)[C@@H](C(=O)Nc1ccc(C(N)=O)cc1)c1ccccc1. The first kappa shape index (κ1) is 16.7. The number of primary amides is 1. The lowest BCUT2D eigenvalue weighted by Crippen LogP contribution is -2.26. The number of nitrogens with one attached hydrogen (secondary N) is 1. The van der Waals surface area contributed by atoms with E-state index in [4.69, 9.17) is 5.73 Å². The Bertz CT molecular complexity index is 666. The lowest BCUT2D eigenvalue weighted by molar-refractivity contribution is -0.118. The van der Waals surface area contributed by atoms with Crippen LogP contribution in [0, 0.1) is 5.92 Å². The first-order valence-corrected chi connectivity index (χ1v) is 7.78. The largest absolute Gasteiger partial charge is 0.366 e. The van der Waals surface area contributed by atoms with Gasteiger partial charge in [0.1, 0.15) is 0 Å². The Labute approximate surface area is 136 Å². The first-order chi connectivity index (χ1) is 11.0. The number of benzene rings is 2. The van der Waals surface area contributed by atoms with Gasteiger partial charge in [0.15, 0.2) is 0 Å². The summed E-state index contributed by atoms with van der Waals surface area (Å²) in [4.78, 5) is 23.8. The topological polar surface area (TPSA) is 72.2 Å². The van der Waals surface area contributed by atoms with Gasteiger partial charge in [-0.15, -0.1) is 0 Å². The normalized spacial score (nSPS) is 13.1. The van der Waals surface area contributed by atoms with Gasteiger partial charge in [-0.3, -0.25) is 9.59 Å². The van der Waals surface area contributed by atoms with Crippen LogP contribution in [0.15, 0.2) is 54.6 Å². The molecule has 4 nitrogen and oxygen atoms in total. The predicted molar refractivity (Wildman–Crippen MR) is 92.2 cm³/mol. The van der Waals surface area contributed by atoms with Crippen molar-refractivity contribution in [1.29, 1.82) is 0 Å². The molecule has 0 saturated heterocycles. The maximum absolute atomic E-state index is 12.7. The van der Waals surface area contributed by atoms with Crippen molar-refractivity contribution in [3.63, 3.8) is 0 Å². The highest BCUT2D eigenvalue weighted by molar-refractivity contribution is 5.97. The second kappa shape index (κ2) is 7.58. The fourth-order valence-electron chi connectivity index (χ4n) is 2.57. The van der Waals surface area contributed by atoms with Gasteiger partial charge < -0.3 is 11.1 Å². The Kier molecular flexibility index (Phi) is 5.52. The van der Waals surface area contributed by atoms with E-state index in [0.29, 0.717) is 11.3 Å². The summed E-state index contributed by atoms with van der Waals surface area (Å²) in [5.74, 6) is -0.513. The molecule has 0 aliphatic carbocycles. The second-order valence-electron chi connectivity index (χ2n) is 5.70. The predicted octanol–water partition coefficient (Wildman–Crippen LogP) is 3.55. The number of hydrogen-bond donors (Lipinski definition) is 2. The molecule has 0 fully saturated rings. The highest BCUT2D eigenvalue weighted by Crippen LogP contribution is 2.28. The molecule has 0 heterocycles. The average Bonchev–Trinajstić information content (AvgIpc) is 2.56. The molecular formula is C19H22N2O2. The van der Waals surface area contributed by atoms with Crippen LogP contribution in [0.1, 0.15) is 42.1 Å². The van der Waals surface area contributed by atoms with Crippen LogP contribution in [0.4, 0.5) is 5.69 Å². The molecular weight excluding hydrogens is 288 g/mol. The summed E-state index contributed by atoms with van der Waals surface area (Å²) in [6.07, 6.45) is 0.910. The molecule has 120 valence electrons. The van der Waals surface area contributed by atoms with E-state index >= 15 is 0 Å². The summed E-state index contributed by atoms with van der Waals surface area (Å²) >= 11 is 0. The second-order valence-corrected chi connectivity index (χ2v) is 5.70. The maximum atomic E-state index is 12.7. The molecule has 2 aromatic rings. The monoisotopic (exact) mass is 310 g/mol. The Morgan fingerprint density at radius 2 is 1.65 bits per heavy atom. The van der Waals surface area contributed by atoms with Gasteiger partial charge in [-0.05, 0) is 35.7 Å². The lowest BCUT2D eigenvalue weighted by atomic mass is 9.85. The van der Waals surface area contributed by atoms with Crippen molar-refractivity contribution < 1.29 is 9.59 Å². The number of anilines is 1. The van der Waals surface area contributed by atoms with E-state index in [2.05, 4.69) is 19.2 Å². The van der Waals surface area contributed by atoms with Gasteiger partial charge in [0.25, 0.3) is 0 Å². The molecule has 4 heteroatoms. The van der Waals surface area contributed by atoms with Crippen LogP contribution in [-0.4, -0.2) is 11.8 Å². The van der Waals surface area contributed by atoms with Gasteiger partial charge in [0, 0.05) is 11.3 Å². The first-order valence-electron chi connectivity index (χ1n) is 7.78. The third-order valence-corrected chi connectivity index (χ3v) is 4.09. The van der Waals surface area contributed by atoms with Crippen molar-refractivity contribution in [3.8, 4) is 0 Å². The summed E-state index contributed by atoms with van der Waals surface area (Å²) in [7, 11) is 0. The van der Waals surface area contributed by atoms with Gasteiger partial charge in [-0.25, -0.2) is 0 Å². The Hall–Kier alpha value is -2.62. The van der Waals surface area contributed by atoms with Crippen LogP contribution in [0.25, 0.3) is 0 Å². The number of rotatable bonds is 6. The molecule has 2 aromatic carbocycles. The van der Waals surface area contributed by atoms with Gasteiger partial charge in [-0.1, -0.05) is 50.6 Å². The zero-order valence-corrected chi connectivity index (χ0v) is 13.5. The Morgan fingerprint density at radius 3 is 2.17 bits per heavy atom. The van der Waals surface area contributed by atoms with Crippen LogP contribution in [0.3, 0.4) is 0 Å². The molecule has 3 N–H and O–H groups in total. The van der Waals surface area contributed by atoms with Gasteiger partial charge >= 0.3 is 0 Å². The van der Waals surface area contributed by atoms with E-state index in [1.165, 1.54) is 0 Å². The van der Waals surface area contributed by atoms with Crippen LogP contribution < -0.4 is 11.1 Å².